The van der Waals surface area contributed by atoms with Gasteiger partial charge in [-0.3, -0.25) is 9.59 Å². The van der Waals surface area contributed by atoms with Gasteiger partial charge in [-0.1, -0.05) is 38.0 Å². The molecule has 0 saturated carbocycles. The van der Waals surface area contributed by atoms with Crippen molar-refractivity contribution in [3.05, 3.63) is 35.4 Å². The Morgan fingerprint density at radius 2 is 2.07 bits per heavy atom. The number of likely N-dealkylation sites (tertiary alicyclic amines) is 1. The Labute approximate surface area is 166 Å². The highest BCUT2D eigenvalue weighted by Gasteiger charge is 2.47. The Morgan fingerprint density at radius 3 is 2.68 bits per heavy atom. The van der Waals surface area contributed by atoms with Gasteiger partial charge in [0.25, 0.3) is 0 Å². The molecule has 1 aliphatic rings. The van der Waals surface area contributed by atoms with Gasteiger partial charge in [-0.05, 0) is 43.7 Å². The fraction of sp³-hybridized carbons (Fsp3) is 0.500. The Kier molecular flexibility index (Phi) is 6.85. The fourth-order valence-corrected chi connectivity index (χ4v) is 3.81. The first-order chi connectivity index (χ1) is 13.2. The summed E-state index contributed by atoms with van der Waals surface area (Å²) in [6, 6.07) is 6.75. The molecule has 1 fully saturated rings. The zero-order valence-electron chi connectivity index (χ0n) is 16.7. The quantitative estimate of drug-likeness (QED) is 0.673. The number of carbonyl (C=O) groups excluding carboxylic acids is 2. The molecule has 1 aliphatic heterocycles. The molecule has 0 radical (unpaired) electrons. The van der Waals surface area contributed by atoms with E-state index >= 15 is 0 Å². The lowest BCUT2D eigenvalue weighted by molar-refractivity contribution is -0.157. The zero-order valence-corrected chi connectivity index (χ0v) is 16.7. The number of carboxylic acids is 1. The van der Waals surface area contributed by atoms with Crippen molar-refractivity contribution in [1.82, 2.24) is 10.2 Å². The lowest BCUT2D eigenvalue weighted by Crippen LogP contribution is -2.56. The van der Waals surface area contributed by atoms with Crippen molar-refractivity contribution in [2.75, 3.05) is 6.54 Å². The second kappa shape index (κ2) is 8.92. The van der Waals surface area contributed by atoms with Gasteiger partial charge in [0.05, 0.1) is 0 Å². The molecule has 2 rings (SSSR count). The van der Waals surface area contributed by atoms with Gasteiger partial charge in [0.2, 0.25) is 11.8 Å². The Balaban J connectivity index is 1.98. The molecule has 1 heterocycles. The summed E-state index contributed by atoms with van der Waals surface area (Å²) in [4.78, 5) is 38.3. The van der Waals surface area contributed by atoms with Gasteiger partial charge in [0.15, 0.2) is 0 Å². The topological polar surface area (TPSA) is 86.7 Å². The average molecular weight is 384 g/mol. The van der Waals surface area contributed by atoms with Gasteiger partial charge in [-0.15, -0.1) is 6.42 Å². The van der Waals surface area contributed by atoms with Crippen LogP contribution in [0.4, 0.5) is 0 Å². The number of hydrogen-bond donors (Lipinski definition) is 2. The van der Waals surface area contributed by atoms with Gasteiger partial charge in [0.1, 0.15) is 11.6 Å². The molecule has 1 aromatic rings. The molecule has 0 spiro atoms. The summed E-state index contributed by atoms with van der Waals surface area (Å²) in [7, 11) is 0. The molecule has 1 aromatic carbocycles. The van der Waals surface area contributed by atoms with Crippen molar-refractivity contribution < 1.29 is 19.5 Å². The third-order valence-corrected chi connectivity index (χ3v) is 5.20. The van der Waals surface area contributed by atoms with Crippen molar-refractivity contribution in [1.29, 1.82) is 0 Å². The number of carbonyl (C=O) groups is 3. The predicted octanol–water partition coefficient (Wildman–Crippen LogP) is 2.21. The molecule has 6 heteroatoms. The number of benzene rings is 1. The van der Waals surface area contributed by atoms with Crippen molar-refractivity contribution in [2.45, 2.75) is 58.0 Å². The number of carboxylic acid groups (broad SMARTS) is 1. The summed E-state index contributed by atoms with van der Waals surface area (Å²) in [6.45, 7) is 5.75. The van der Waals surface area contributed by atoms with Crippen LogP contribution in [0.2, 0.25) is 0 Å². The minimum Gasteiger partial charge on any atom is -0.480 e. The van der Waals surface area contributed by atoms with Gasteiger partial charge in [-0.25, -0.2) is 4.79 Å². The first-order valence-electron chi connectivity index (χ1n) is 9.57. The molecule has 150 valence electrons. The monoisotopic (exact) mass is 384 g/mol. The highest BCUT2D eigenvalue weighted by atomic mass is 16.4. The molecule has 28 heavy (non-hydrogen) atoms. The van der Waals surface area contributed by atoms with E-state index in [0.717, 1.165) is 11.1 Å². The summed E-state index contributed by atoms with van der Waals surface area (Å²) < 4.78 is 0. The number of nitrogens with zero attached hydrogens (tertiary/aromatic N) is 1. The van der Waals surface area contributed by atoms with E-state index in [1.165, 1.54) is 4.90 Å². The predicted molar refractivity (Wildman–Crippen MR) is 106 cm³/mol. The third kappa shape index (κ3) is 4.72. The number of amides is 2. The van der Waals surface area contributed by atoms with Gasteiger partial charge in [0, 0.05) is 18.5 Å². The number of rotatable bonds is 8. The number of hydrogen-bond acceptors (Lipinski definition) is 3. The normalized spacial score (nSPS) is 18.6. The van der Waals surface area contributed by atoms with Gasteiger partial charge >= 0.3 is 5.97 Å². The molecular formula is C22H28N2O4. The van der Waals surface area contributed by atoms with Crippen molar-refractivity contribution in [2.24, 2.45) is 5.92 Å². The minimum atomic E-state index is -1.27. The second-order valence-corrected chi connectivity index (χ2v) is 7.88. The van der Waals surface area contributed by atoms with E-state index in [9.17, 15) is 19.5 Å². The number of aryl methyl sites for hydroxylation is 1. The highest BCUT2D eigenvalue weighted by Crippen LogP contribution is 2.29. The van der Waals surface area contributed by atoms with E-state index in [2.05, 4.69) is 11.2 Å². The lowest BCUT2D eigenvalue weighted by atomic mass is 9.89. The first-order valence-corrected chi connectivity index (χ1v) is 9.57. The zero-order chi connectivity index (χ0) is 20.9. The maximum atomic E-state index is 12.8. The SMILES string of the molecule is C#Cc1ccccc1CCC(=O)N[C@@H]1CCN([C@@](C)(CC(C)C)C(=O)O)C1=O. The first kappa shape index (κ1) is 21.5. The van der Waals surface area contributed by atoms with Crippen molar-refractivity contribution in [3.8, 4) is 12.3 Å². The van der Waals surface area contributed by atoms with E-state index < -0.39 is 17.6 Å². The minimum absolute atomic E-state index is 0.124. The average Bonchev–Trinajstić information content (AvgIpc) is 3.00. The van der Waals surface area contributed by atoms with E-state index in [1.807, 2.05) is 38.1 Å². The maximum absolute atomic E-state index is 12.8. The molecule has 0 unspecified atom stereocenters. The lowest BCUT2D eigenvalue weighted by Gasteiger charge is -2.36. The number of terminal acetylenes is 1. The molecular weight excluding hydrogens is 356 g/mol. The number of nitrogens with one attached hydrogen (secondary N) is 1. The fourth-order valence-electron chi connectivity index (χ4n) is 3.81. The molecule has 2 N–H and O–H groups in total. The van der Waals surface area contributed by atoms with Crippen LogP contribution in [0.3, 0.4) is 0 Å². The van der Waals surface area contributed by atoms with E-state index in [-0.39, 0.29) is 24.2 Å². The number of aliphatic carboxylic acids is 1. The molecule has 6 nitrogen and oxygen atoms in total. The van der Waals surface area contributed by atoms with Crippen LogP contribution in [0.15, 0.2) is 24.3 Å². The third-order valence-electron chi connectivity index (χ3n) is 5.20. The van der Waals surface area contributed by atoms with E-state index in [0.29, 0.717) is 25.8 Å². The van der Waals surface area contributed by atoms with Crippen LogP contribution in [0.1, 0.15) is 51.2 Å². The Bertz CT molecular complexity index is 796. The van der Waals surface area contributed by atoms with Gasteiger partial charge < -0.3 is 15.3 Å². The molecule has 0 bridgehead atoms. The molecule has 1 saturated heterocycles. The summed E-state index contributed by atoms with van der Waals surface area (Å²) in [5, 5.41) is 12.4. The van der Waals surface area contributed by atoms with Crippen LogP contribution < -0.4 is 5.32 Å². The van der Waals surface area contributed by atoms with Crippen LogP contribution in [-0.2, 0) is 20.8 Å². The highest BCUT2D eigenvalue weighted by molar-refractivity contribution is 5.93. The van der Waals surface area contributed by atoms with E-state index in [1.54, 1.807) is 6.92 Å². The summed E-state index contributed by atoms with van der Waals surface area (Å²) >= 11 is 0. The van der Waals surface area contributed by atoms with Crippen LogP contribution >= 0.6 is 0 Å². The summed E-state index contributed by atoms with van der Waals surface area (Å²) in [5.74, 6) is 1.13. The van der Waals surface area contributed by atoms with Crippen LogP contribution in [0.25, 0.3) is 0 Å². The molecule has 2 atom stereocenters. The van der Waals surface area contributed by atoms with Crippen molar-refractivity contribution in [3.63, 3.8) is 0 Å². The van der Waals surface area contributed by atoms with Crippen molar-refractivity contribution >= 4 is 17.8 Å². The largest absolute Gasteiger partial charge is 0.480 e. The molecule has 0 aliphatic carbocycles. The van der Waals surface area contributed by atoms with Crippen LogP contribution in [-0.4, -0.2) is 45.9 Å². The smallest absolute Gasteiger partial charge is 0.329 e. The van der Waals surface area contributed by atoms with Crippen LogP contribution in [0.5, 0.6) is 0 Å². The molecule has 2 amide bonds. The second-order valence-electron chi connectivity index (χ2n) is 7.88. The van der Waals surface area contributed by atoms with E-state index in [4.69, 9.17) is 6.42 Å². The molecule has 0 aromatic heterocycles. The maximum Gasteiger partial charge on any atom is 0.329 e. The van der Waals surface area contributed by atoms with Gasteiger partial charge in [-0.2, -0.15) is 0 Å². The summed E-state index contributed by atoms with van der Waals surface area (Å²) in [6.07, 6.45) is 6.94. The standard InChI is InChI=1S/C22H28N2O4/c1-5-16-8-6-7-9-17(16)10-11-19(25)23-18-12-13-24(20(18)26)22(4,21(27)28)14-15(2)3/h1,6-9,15,18H,10-14H2,2-4H3,(H,23,25)(H,27,28)/t18-,22+/m1/s1. The Hall–Kier alpha value is -2.81. The summed E-state index contributed by atoms with van der Waals surface area (Å²) in [5.41, 5.74) is 0.399. The Morgan fingerprint density at radius 1 is 1.39 bits per heavy atom. The van der Waals surface area contributed by atoms with Crippen LogP contribution in [0, 0.1) is 18.3 Å².